The van der Waals surface area contributed by atoms with E-state index >= 15 is 0 Å². The molecule has 4 aromatic rings. The van der Waals surface area contributed by atoms with Gasteiger partial charge >= 0.3 is 0 Å². The van der Waals surface area contributed by atoms with Crippen LogP contribution in [0.5, 0.6) is 0 Å². The Bertz CT molecular complexity index is 1290. The quantitative estimate of drug-likeness (QED) is 0.295. The van der Waals surface area contributed by atoms with Crippen LogP contribution in [0.1, 0.15) is 52.7 Å². The molecule has 3 N–H and O–H groups in total. The highest BCUT2D eigenvalue weighted by Crippen LogP contribution is 2.38. The number of nitrogens with zero attached hydrogens (tertiary/aromatic N) is 2. The summed E-state index contributed by atoms with van der Waals surface area (Å²) in [6.07, 6.45) is 4.42. The summed E-state index contributed by atoms with van der Waals surface area (Å²) in [4.78, 5) is 31.0. The molecule has 2 heterocycles. The van der Waals surface area contributed by atoms with Crippen molar-refractivity contribution in [3.63, 3.8) is 0 Å². The topological polar surface area (TPSA) is 99.8 Å². The monoisotopic (exact) mass is 471 g/mol. The number of aromatic nitrogens is 3. The summed E-state index contributed by atoms with van der Waals surface area (Å²) >= 11 is 1.70. The number of rotatable bonds is 9. The predicted molar refractivity (Wildman–Crippen MR) is 134 cm³/mol. The summed E-state index contributed by atoms with van der Waals surface area (Å²) in [5, 5.41) is 15.2. The molecule has 1 aliphatic rings. The molecular weight excluding hydrogens is 446 g/mol. The molecule has 5 rings (SSSR count). The molecule has 0 bridgehead atoms. The van der Waals surface area contributed by atoms with Crippen LogP contribution >= 0.6 is 11.3 Å². The van der Waals surface area contributed by atoms with Gasteiger partial charge in [0.05, 0.1) is 0 Å². The molecule has 1 fully saturated rings. The van der Waals surface area contributed by atoms with Crippen LogP contribution in [0.2, 0.25) is 0 Å². The Kier molecular flexibility index (Phi) is 6.49. The minimum Gasteiger partial charge on any atom is -0.326 e. The number of thiophene rings is 1. The van der Waals surface area contributed by atoms with E-state index in [4.69, 9.17) is 0 Å². The number of aryl methyl sites for hydroxylation is 1. The van der Waals surface area contributed by atoms with Gasteiger partial charge in [0, 0.05) is 39.7 Å². The Balaban J connectivity index is 1.18. The highest BCUT2D eigenvalue weighted by Gasteiger charge is 2.27. The van der Waals surface area contributed by atoms with Crippen molar-refractivity contribution < 1.29 is 9.59 Å². The van der Waals surface area contributed by atoms with E-state index < -0.39 is 0 Å². The Morgan fingerprint density at radius 3 is 2.62 bits per heavy atom. The van der Waals surface area contributed by atoms with Crippen LogP contribution in [0.3, 0.4) is 0 Å². The maximum atomic E-state index is 12.8. The largest absolute Gasteiger partial charge is 0.326 e. The summed E-state index contributed by atoms with van der Waals surface area (Å²) < 4.78 is 0. The lowest BCUT2D eigenvalue weighted by Crippen LogP contribution is -2.14. The lowest BCUT2D eigenvalue weighted by Gasteiger charge is -2.09. The molecule has 0 atom stereocenters. The third-order valence-corrected chi connectivity index (χ3v) is 6.60. The van der Waals surface area contributed by atoms with Gasteiger partial charge in [-0.05, 0) is 67.5 Å². The van der Waals surface area contributed by atoms with Gasteiger partial charge in [-0.1, -0.05) is 24.3 Å². The number of anilines is 2. The van der Waals surface area contributed by atoms with Crippen molar-refractivity contribution in [1.29, 1.82) is 0 Å². The van der Waals surface area contributed by atoms with E-state index in [1.54, 1.807) is 35.6 Å². The van der Waals surface area contributed by atoms with E-state index in [0.717, 1.165) is 37.1 Å². The number of amides is 2. The fourth-order valence-corrected chi connectivity index (χ4v) is 4.47. The minimum absolute atomic E-state index is 0.0566. The Morgan fingerprint density at radius 2 is 1.82 bits per heavy atom. The predicted octanol–water partition coefficient (Wildman–Crippen LogP) is 5.62. The maximum absolute atomic E-state index is 12.8. The lowest BCUT2D eigenvalue weighted by atomic mass is 10.1. The Labute approximate surface area is 201 Å². The number of benzene rings is 2. The van der Waals surface area contributed by atoms with E-state index in [-0.39, 0.29) is 11.8 Å². The summed E-state index contributed by atoms with van der Waals surface area (Å²) in [6, 6.07) is 18.5. The van der Waals surface area contributed by atoms with Gasteiger partial charge in [-0.3, -0.25) is 14.7 Å². The zero-order valence-electron chi connectivity index (χ0n) is 18.6. The number of H-pyrrole nitrogens is 1. The number of aromatic amines is 1. The molecular formula is C26H25N5O2S. The summed E-state index contributed by atoms with van der Waals surface area (Å²) in [5.74, 6) is 1.74. The minimum atomic E-state index is -0.250. The average molecular weight is 472 g/mol. The molecule has 0 aliphatic heterocycles. The Morgan fingerprint density at radius 1 is 1.00 bits per heavy atom. The second kappa shape index (κ2) is 10.0. The van der Waals surface area contributed by atoms with Crippen molar-refractivity contribution in [2.75, 3.05) is 10.6 Å². The first-order chi connectivity index (χ1) is 16.6. The number of hydrogen-bond acceptors (Lipinski definition) is 5. The highest BCUT2D eigenvalue weighted by molar-refractivity contribution is 7.09. The number of nitrogens with one attached hydrogen (secondary N) is 3. The van der Waals surface area contributed by atoms with E-state index in [0.29, 0.717) is 35.1 Å². The molecule has 0 unspecified atom stereocenters. The van der Waals surface area contributed by atoms with Gasteiger partial charge in [-0.2, -0.15) is 5.10 Å². The Hall–Kier alpha value is -3.78. The molecule has 2 amide bonds. The van der Waals surface area contributed by atoms with Gasteiger partial charge in [0.15, 0.2) is 5.82 Å². The normalized spacial score (nSPS) is 12.9. The van der Waals surface area contributed by atoms with Crippen molar-refractivity contribution in [3.8, 4) is 11.4 Å². The first kappa shape index (κ1) is 22.0. The summed E-state index contributed by atoms with van der Waals surface area (Å²) in [5.41, 5.74) is 2.57. The molecule has 2 aromatic heterocycles. The number of carbonyl (C=O) groups is 2. The van der Waals surface area contributed by atoms with Gasteiger partial charge in [-0.15, -0.1) is 11.3 Å². The molecule has 0 saturated heterocycles. The summed E-state index contributed by atoms with van der Waals surface area (Å²) in [6.45, 7) is 0. The molecule has 0 spiro atoms. The van der Waals surface area contributed by atoms with Crippen LogP contribution in [0.25, 0.3) is 11.4 Å². The first-order valence-electron chi connectivity index (χ1n) is 11.4. The fourth-order valence-electron chi connectivity index (χ4n) is 3.72. The van der Waals surface area contributed by atoms with E-state index in [9.17, 15) is 9.59 Å². The third-order valence-electron chi connectivity index (χ3n) is 5.66. The zero-order chi connectivity index (χ0) is 23.3. The first-order valence-corrected chi connectivity index (χ1v) is 12.3. The van der Waals surface area contributed by atoms with E-state index in [1.165, 1.54) is 4.88 Å². The maximum Gasteiger partial charge on any atom is 0.255 e. The van der Waals surface area contributed by atoms with Crippen LogP contribution in [-0.2, 0) is 11.2 Å². The van der Waals surface area contributed by atoms with Gasteiger partial charge in [-0.25, -0.2) is 4.98 Å². The van der Waals surface area contributed by atoms with Crippen LogP contribution in [0.15, 0.2) is 66.0 Å². The number of carbonyl (C=O) groups excluding carboxylic acids is 2. The van der Waals surface area contributed by atoms with Crippen molar-refractivity contribution >= 4 is 34.5 Å². The summed E-state index contributed by atoms with van der Waals surface area (Å²) in [7, 11) is 0. The van der Waals surface area contributed by atoms with Crippen LogP contribution in [-0.4, -0.2) is 27.0 Å². The smallest absolute Gasteiger partial charge is 0.255 e. The second-order valence-electron chi connectivity index (χ2n) is 8.42. The molecule has 1 saturated carbocycles. The molecule has 34 heavy (non-hydrogen) atoms. The zero-order valence-corrected chi connectivity index (χ0v) is 19.4. The van der Waals surface area contributed by atoms with Crippen molar-refractivity contribution in [2.45, 2.75) is 38.0 Å². The molecule has 2 aromatic carbocycles. The standard InChI is InChI=1S/C26H25N5O2S/c32-23(11-3-9-22-10-4-14-34-22)27-20-7-2-6-19(16-20)26(33)28-21-8-1-5-18(15-21)25-29-24(30-31-25)17-12-13-17/h1-2,4-8,10,14-17H,3,9,11-13H2,(H,27,32)(H,28,33)(H,29,30,31). The molecule has 0 radical (unpaired) electrons. The molecule has 1 aliphatic carbocycles. The highest BCUT2D eigenvalue weighted by atomic mass is 32.1. The van der Waals surface area contributed by atoms with Gasteiger partial charge in [0.25, 0.3) is 5.91 Å². The van der Waals surface area contributed by atoms with Crippen molar-refractivity contribution in [2.24, 2.45) is 0 Å². The molecule has 7 nitrogen and oxygen atoms in total. The second-order valence-corrected chi connectivity index (χ2v) is 9.45. The van der Waals surface area contributed by atoms with Crippen LogP contribution in [0.4, 0.5) is 11.4 Å². The van der Waals surface area contributed by atoms with Crippen molar-refractivity contribution in [1.82, 2.24) is 15.2 Å². The molecule has 8 heteroatoms. The van der Waals surface area contributed by atoms with Crippen molar-refractivity contribution in [3.05, 3.63) is 82.3 Å². The van der Waals surface area contributed by atoms with Gasteiger partial charge in [0.1, 0.15) is 5.82 Å². The number of hydrogen-bond donors (Lipinski definition) is 3. The lowest BCUT2D eigenvalue weighted by molar-refractivity contribution is -0.116. The van der Waals surface area contributed by atoms with E-state index in [2.05, 4.69) is 31.9 Å². The van der Waals surface area contributed by atoms with E-state index in [1.807, 2.05) is 35.7 Å². The van der Waals surface area contributed by atoms with Gasteiger partial charge < -0.3 is 10.6 Å². The molecule has 172 valence electrons. The van der Waals surface area contributed by atoms with Crippen LogP contribution in [0, 0.1) is 0 Å². The SMILES string of the molecule is O=C(CCCc1cccs1)Nc1cccc(C(=O)Nc2cccc(-c3n[nH]c(C4CC4)n3)c2)c1. The fraction of sp³-hybridized carbons (Fsp3) is 0.231. The van der Waals surface area contributed by atoms with Crippen LogP contribution < -0.4 is 10.6 Å². The van der Waals surface area contributed by atoms with Gasteiger partial charge in [0.2, 0.25) is 5.91 Å². The third kappa shape index (κ3) is 5.58. The average Bonchev–Trinajstić information content (AvgIpc) is 3.34.